The van der Waals surface area contributed by atoms with Crippen molar-refractivity contribution in [3.05, 3.63) is 71.4 Å². The maximum Gasteiger partial charge on any atom is 0.254 e. The quantitative estimate of drug-likeness (QED) is 0.397. The number of benzene rings is 1. The predicted molar refractivity (Wildman–Crippen MR) is 147 cm³/mol. The Morgan fingerprint density at radius 1 is 1.13 bits per heavy atom. The summed E-state index contributed by atoms with van der Waals surface area (Å²) in [4.78, 5) is 40.4. The van der Waals surface area contributed by atoms with Crippen LogP contribution in [0.3, 0.4) is 0 Å². The van der Waals surface area contributed by atoms with Gasteiger partial charge in [-0.25, -0.2) is 14.4 Å². The predicted octanol–water partition coefficient (Wildman–Crippen LogP) is 2.86. The lowest BCUT2D eigenvalue weighted by atomic mass is 9.99. The normalized spacial score (nSPS) is 15.3. The Morgan fingerprint density at radius 3 is 2.77 bits per heavy atom. The summed E-state index contributed by atoms with van der Waals surface area (Å²) in [5.41, 5.74) is 5.95. The number of amides is 2. The van der Waals surface area contributed by atoms with E-state index in [0.717, 1.165) is 34.7 Å². The number of hydrogen-bond donors (Lipinski definition) is 2. The van der Waals surface area contributed by atoms with E-state index in [2.05, 4.69) is 20.5 Å². The second-order valence-electron chi connectivity index (χ2n) is 10.2. The van der Waals surface area contributed by atoms with Crippen LogP contribution >= 0.6 is 0 Å². The van der Waals surface area contributed by atoms with E-state index in [4.69, 9.17) is 4.98 Å². The highest BCUT2D eigenvalue weighted by Gasteiger charge is 2.28. The second-order valence-corrected chi connectivity index (χ2v) is 10.2. The first-order chi connectivity index (χ1) is 18.8. The molecule has 11 heteroatoms. The molecule has 1 saturated heterocycles. The summed E-state index contributed by atoms with van der Waals surface area (Å²) in [5, 5.41) is 6.29. The van der Waals surface area contributed by atoms with Crippen molar-refractivity contribution >= 4 is 34.7 Å². The van der Waals surface area contributed by atoms with E-state index in [1.165, 1.54) is 12.1 Å². The number of rotatable bonds is 6. The summed E-state index contributed by atoms with van der Waals surface area (Å²) in [6.07, 6.45) is 3.33. The van der Waals surface area contributed by atoms with E-state index in [1.807, 2.05) is 54.7 Å². The third kappa shape index (κ3) is 4.54. The maximum atomic E-state index is 13.7. The lowest BCUT2D eigenvalue weighted by molar-refractivity contribution is -0.129. The fraction of sp³-hybridized carbons (Fsp3) is 0.286. The molecular weight excluding hydrogens is 499 g/mol. The van der Waals surface area contributed by atoms with Crippen molar-refractivity contribution in [3.8, 4) is 11.3 Å². The van der Waals surface area contributed by atoms with Gasteiger partial charge in [-0.3, -0.25) is 14.0 Å². The number of piperazine rings is 1. The van der Waals surface area contributed by atoms with E-state index in [-0.39, 0.29) is 17.6 Å². The second kappa shape index (κ2) is 9.66. The van der Waals surface area contributed by atoms with Gasteiger partial charge in [0, 0.05) is 51.1 Å². The molecule has 0 saturated carbocycles. The Hall–Kier alpha value is -4.51. The van der Waals surface area contributed by atoms with Gasteiger partial charge in [-0.2, -0.15) is 0 Å². The molecule has 6 rings (SSSR count). The first kappa shape index (κ1) is 24.8. The molecule has 5 heterocycles. The molecule has 0 aliphatic carbocycles. The number of nitrogens with one attached hydrogen (secondary N) is 2. The van der Waals surface area contributed by atoms with E-state index >= 15 is 0 Å². The molecule has 10 nitrogen and oxygen atoms in total. The number of halogens is 1. The number of aromatic nitrogens is 3. The van der Waals surface area contributed by atoms with Crippen molar-refractivity contribution < 1.29 is 14.0 Å². The minimum Gasteiger partial charge on any atom is -0.359 e. The Labute approximate surface area is 225 Å². The SMILES string of the molecule is CN(C)Cc1nc(Nc2ccc(-c3cnc4cc(F)ccn34)c3c2C(=O)NC3)ccc1N1CCN(C)C(=O)C1. The maximum absolute atomic E-state index is 13.7. The number of carbonyl (C=O) groups excluding carboxylic acids is 2. The summed E-state index contributed by atoms with van der Waals surface area (Å²) in [5.74, 6) is 0.163. The van der Waals surface area contributed by atoms with Gasteiger partial charge < -0.3 is 25.3 Å². The van der Waals surface area contributed by atoms with Crippen LogP contribution in [-0.4, -0.2) is 76.8 Å². The van der Waals surface area contributed by atoms with Crippen molar-refractivity contribution in [2.75, 3.05) is 51.0 Å². The molecule has 0 atom stereocenters. The van der Waals surface area contributed by atoms with E-state index in [0.29, 0.717) is 48.9 Å². The Kier molecular flexibility index (Phi) is 6.15. The van der Waals surface area contributed by atoms with Crippen LogP contribution in [0.25, 0.3) is 16.9 Å². The van der Waals surface area contributed by atoms with Crippen LogP contribution in [0, 0.1) is 5.82 Å². The number of carbonyl (C=O) groups is 2. The molecular formula is C28H29FN8O2. The third-order valence-electron chi connectivity index (χ3n) is 7.19. The Morgan fingerprint density at radius 2 is 1.97 bits per heavy atom. The number of anilines is 3. The van der Waals surface area contributed by atoms with Crippen LogP contribution in [0.15, 0.2) is 48.8 Å². The summed E-state index contributed by atoms with van der Waals surface area (Å²) in [6, 6.07) is 10.4. The number of likely N-dealkylation sites (N-methyl/N-ethyl adjacent to an activating group) is 1. The number of imidazole rings is 1. The van der Waals surface area contributed by atoms with E-state index < -0.39 is 0 Å². The monoisotopic (exact) mass is 528 g/mol. The number of fused-ring (bicyclic) bond motifs is 2. The van der Waals surface area contributed by atoms with Gasteiger partial charge in [0.1, 0.15) is 17.3 Å². The summed E-state index contributed by atoms with van der Waals surface area (Å²) >= 11 is 0. The topological polar surface area (TPSA) is 98.1 Å². The zero-order chi connectivity index (χ0) is 27.3. The molecule has 1 aromatic carbocycles. The molecule has 0 radical (unpaired) electrons. The molecule has 0 unspecified atom stereocenters. The molecule has 39 heavy (non-hydrogen) atoms. The molecule has 1 fully saturated rings. The zero-order valence-corrected chi connectivity index (χ0v) is 22.0. The molecule has 2 aliphatic heterocycles. The molecule has 2 aliphatic rings. The van der Waals surface area contributed by atoms with Gasteiger partial charge in [0.2, 0.25) is 5.91 Å². The van der Waals surface area contributed by atoms with Crippen LogP contribution in [0.5, 0.6) is 0 Å². The largest absolute Gasteiger partial charge is 0.359 e. The van der Waals surface area contributed by atoms with Crippen molar-refractivity contribution in [2.45, 2.75) is 13.1 Å². The van der Waals surface area contributed by atoms with Gasteiger partial charge in [-0.1, -0.05) is 6.07 Å². The third-order valence-corrected chi connectivity index (χ3v) is 7.19. The number of pyridine rings is 2. The van der Waals surface area contributed by atoms with Gasteiger partial charge >= 0.3 is 0 Å². The first-order valence-electron chi connectivity index (χ1n) is 12.8. The van der Waals surface area contributed by atoms with Gasteiger partial charge in [-0.15, -0.1) is 0 Å². The van der Waals surface area contributed by atoms with Crippen LogP contribution < -0.4 is 15.5 Å². The van der Waals surface area contributed by atoms with Crippen LogP contribution in [0.2, 0.25) is 0 Å². The molecule has 2 N–H and O–H groups in total. The lowest BCUT2D eigenvalue weighted by Gasteiger charge is -2.34. The number of hydrogen-bond acceptors (Lipinski definition) is 7. The van der Waals surface area contributed by atoms with Crippen molar-refractivity contribution in [2.24, 2.45) is 0 Å². The minimum absolute atomic E-state index is 0.0806. The summed E-state index contributed by atoms with van der Waals surface area (Å²) < 4.78 is 15.5. The van der Waals surface area contributed by atoms with Crippen molar-refractivity contribution in [1.82, 2.24) is 29.5 Å². The van der Waals surface area contributed by atoms with Crippen LogP contribution in [0.4, 0.5) is 21.6 Å². The molecule has 3 aromatic heterocycles. The molecule has 2 amide bonds. The van der Waals surface area contributed by atoms with Gasteiger partial charge in [-0.05, 0) is 43.9 Å². The number of nitrogens with zero attached hydrogens (tertiary/aromatic N) is 6. The fourth-order valence-corrected chi connectivity index (χ4v) is 5.22. The molecule has 0 spiro atoms. The van der Waals surface area contributed by atoms with E-state index in [9.17, 15) is 14.0 Å². The minimum atomic E-state index is -0.354. The smallest absolute Gasteiger partial charge is 0.254 e. The molecule has 4 aromatic rings. The summed E-state index contributed by atoms with van der Waals surface area (Å²) in [6.45, 7) is 2.69. The van der Waals surface area contributed by atoms with Crippen LogP contribution in [0.1, 0.15) is 21.6 Å². The zero-order valence-electron chi connectivity index (χ0n) is 22.0. The molecule has 0 bridgehead atoms. The van der Waals surface area contributed by atoms with Gasteiger partial charge in [0.25, 0.3) is 5.91 Å². The Bertz CT molecular complexity index is 1610. The Balaban J connectivity index is 1.35. The fourth-order valence-electron chi connectivity index (χ4n) is 5.22. The average Bonchev–Trinajstić information content (AvgIpc) is 3.49. The highest BCUT2D eigenvalue weighted by atomic mass is 19.1. The average molecular weight is 529 g/mol. The van der Waals surface area contributed by atoms with Gasteiger partial charge in [0.15, 0.2) is 0 Å². The molecule has 200 valence electrons. The highest BCUT2D eigenvalue weighted by molar-refractivity contribution is 6.06. The first-order valence-corrected chi connectivity index (χ1v) is 12.8. The van der Waals surface area contributed by atoms with Gasteiger partial charge in [0.05, 0.1) is 41.1 Å². The van der Waals surface area contributed by atoms with Crippen molar-refractivity contribution in [1.29, 1.82) is 0 Å². The highest BCUT2D eigenvalue weighted by Crippen LogP contribution is 2.36. The lowest BCUT2D eigenvalue weighted by Crippen LogP contribution is -2.49. The van der Waals surface area contributed by atoms with E-state index in [1.54, 1.807) is 17.3 Å². The van der Waals surface area contributed by atoms with Crippen LogP contribution in [-0.2, 0) is 17.9 Å². The summed E-state index contributed by atoms with van der Waals surface area (Å²) in [7, 11) is 5.77. The van der Waals surface area contributed by atoms with Crippen molar-refractivity contribution in [3.63, 3.8) is 0 Å². The standard InChI is InChI=1S/C28H29FN8O2/c1-34(2)15-21-22(36-11-10-35(3)26(38)16-36)6-7-24(33-21)32-20-5-4-18(19-13-31-28(39)27(19)20)23-14-30-25-12-17(29)8-9-37(23)25/h4-9,12,14H,10-11,13,15-16H2,1-3H3,(H,31,39)(H,32,33).